The molecule has 3 rings (SSSR count). The van der Waals surface area contributed by atoms with Gasteiger partial charge in [0.2, 0.25) is 0 Å². The van der Waals surface area contributed by atoms with Crippen molar-refractivity contribution in [2.24, 2.45) is 0 Å². The number of nitrogens with zero attached hydrogens (tertiary/aromatic N) is 1. The van der Waals surface area contributed by atoms with Gasteiger partial charge in [-0.25, -0.2) is 0 Å². The van der Waals surface area contributed by atoms with Crippen molar-refractivity contribution in [2.75, 3.05) is 23.3 Å². The van der Waals surface area contributed by atoms with Gasteiger partial charge in [-0.05, 0) is 49.1 Å². The second-order valence-electron chi connectivity index (χ2n) is 5.47. The number of rotatable bonds is 4. The van der Waals surface area contributed by atoms with Crippen molar-refractivity contribution < 1.29 is 0 Å². The van der Waals surface area contributed by atoms with E-state index in [-0.39, 0.29) is 0 Å². The molecule has 2 aromatic carbocycles. The van der Waals surface area contributed by atoms with E-state index in [9.17, 15) is 0 Å². The molecule has 0 fully saturated rings. The SMILES string of the molecule is CCN(Cc1ccc2c(c1)CCN2)c1ccccc1C. The van der Waals surface area contributed by atoms with Gasteiger partial charge >= 0.3 is 0 Å². The minimum Gasteiger partial charge on any atom is -0.384 e. The summed E-state index contributed by atoms with van der Waals surface area (Å²) in [6.45, 7) is 7.49. The highest BCUT2D eigenvalue weighted by molar-refractivity contribution is 5.58. The van der Waals surface area contributed by atoms with Crippen LogP contribution in [0.5, 0.6) is 0 Å². The Morgan fingerprint density at radius 1 is 1.15 bits per heavy atom. The molecule has 0 amide bonds. The maximum atomic E-state index is 3.42. The van der Waals surface area contributed by atoms with E-state index >= 15 is 0 Å². The van der Waals surface area contributed by atoms with E-state index in [1.165, 1.54) is 28.1 Å². The summed E-state index contributed by atoms with van der Waals surface area (Å²) < 4.78 is 0. The molecule has 104 valence electrons. The van der Waals surface area contributed by atoms with Crippen molar-refractivity contribution in [3.8, 4) is 0 Å². The average Bonchev–Trinajstić information content (AvgIpc) is 2.93. The van der Waals surface area contributed by atoms with Gasteiger partial charge in [-0.3, -0.25) is 0 Å². The van der Waals surface area contributed by atoms with Crippen LogP contribution in [0.2, 0.25) is 0 Å². The molecule has 0 bridgehead atoms. The minimum atomic E-state index is 0.981. The molecule has 0 aliphatic carbocycles. The molecule has 1 aliphatic heterocycles. The fourth-order valence-electron chi connectivity index (χ4n) is 2.96. The zero-order valence-electron chi connectivity index (χ0n) is 12.3. The van der Waals surface area contributed by atoms with E-state index in [1.54, 1.807) is 0 Å². The second-order valence-corrected chi connectivity index (χ2v) is 5.47. The zero-order valence-corrected chi connectivity index (χ0v) is 12.3. The van der Waals surface area contributed by atoms with Gasteiger partial charge in [-0.2, -0.15) is 0 Å². The Labute approximate surface area is 121 Å². The van der Waals surface area contributed by atoms with Gasteiger partial charge in [0, 0.05) is 31.0 Å². The third-order valence-corrected chi connectivity index (χ3v) is 4.09. The first-order valence-electron chi connectivity index (χ1n) is 7.44. The summed E-state index contributed by atoms with van der Waals surface area (Å²) >= 11 is 0. The average molecular weight is 266 g/mol. The van der Waals surface area contributed by atoms with Gasteiger partial charge < -0.3 is 10.2 Å². The molecule has 2 nitrogen and oxygen atoms in total. The highest BCUT2D eigenvalue weighted by Gasteiger charge is 2.12. The molecule has 1 aliphatic rings. The van der Waals surface area contributed by atoms with Gasteiger partial charge in [-0.15, -0.1) is 0 Å². The van der Waals surface area contributed by atoms with Crippen LogP contribution in [0.3, 0.4) is 0 Å². The van der Waals surface area contributed by atoms with E-state index in [1.807, 2.05) is 0 Å². The number of nitrogens with one attached hydrogen (secondary N) is 1. The van der Waals surface area contributed by atoms with Crippen molar-refractivity contribution in [2.45, 2.75) is 26.8 Å². The van der Waals surface area contributed by atoms with Crippen molar-refractivity contribution >= 4 is 11.4 Å². The molecule has 2 aromatic rings. The van der Waals surface area contributed by atoms with E-state index in [2.05, 4.69) is 66.5 Å². The summed E-state index contributed by atoms with van der Waals surface area (Å²) in [5, 5.41) is 3.42. The number of benzene rings is 2. The van der Waals surface area contributed by atoms with Crippen molar-refractivity contribution in [3.05, 3.63) is 59.2 Å². The summed E-state index contributed by atoms with van der Waals surface area (Å²) in [4.78, 5) is 2.44. The monoisotopic (exact) mass is 266 g/mol. The van der Waals surface area contributed by atoms with E-state index in [0.717, 1.165) is 26.1 Å². The third-order valence-electron chi connectivity index (χ3n) is 4.09. The summed E-state index contributed by atoms with van der Waals surface area (Å²) in [5.41, 5.74) is 6.86. The lowest BCUT2D eigenvalue weighted by Gasteiger charge is -2.25. The standard InChI is InChI=1S/C18H22N2/c1-3-20(18-7-5-4-6-14(18)2)13-15-8-9-17-16(12-15)10-11-19-17/h4-9,12,19H,3,10-11,13H2,1-2H3. The lowest BCUT2D eigenvalue weighted by molar-refractivity contribution is 0.827. The fourth-order valence-corrected chi connectivity index (χ4v) is 2.96. The normalized spacial score (nSPS) is 12.9. The van der Waals surface area contributed by atoms with Crippen LogP contribution in [0, 0.1) is 6.92 Å². The van der Waals surface area contributed by atoms with E-state index in [4.69, 9.17) is 0 Å². The maximum Gasteiger partial charge on any atom is 0.0429 e. The largest absolute Gasteiger partial charge is 0.384 e. The van der Waals surface area contributed by atoms with Crippen LogP contribution >= 0.6 is 0 Å². The predicted octanol–water partition coefficient (Wildman–Crippen LogP) is 3.99. The Hall–Kier alpha value is -1.96. The first-order valence-corrected chi connectivity index (χ1v) is 7.44. The molecule has 0 unspecified atom stereocenters. The van der Waals surface area contributed by atoms with Crippen LogP contribution in [-0.2, 0) is 13.0 Å². The summed E-state index contributed by atoms with van der Waals surface area (Å²) in [5.74, 6) is 0. The first kappa shape index (κ1) is 13.0. The number of fused-ring (bicyclic) bond motifs is 1. The Morgan fingerprint density at radius 3 is 2.80 bits per heavy atom. The third kappa shape index (κ3) is 2.51. The number of para-hydroxylation sites is 1. The maximum absolute atomic E-state index is 3.42. The van der Waals surface area contributed by atoms with Crippen molar-refractivity contribution in [1.82, 2.24) is 0 Å². The van der Waals surface area contributed by atoms with E-state index in [0.29, 0.717) is 0 Å². The quantitative estimate of drug-likeness (QED) is 0.900. The predicted molar refractivity (Wildman–Crippen MR) is 86.5 cm³/mol. The van der Waals surface area contributed by atoms with Crippen molar-refractivity contribution in [1.29, 1.82) is 0 Å². The lowest BCUT2D eigenvalue weighted by Crippen LogP contribution is -2.22. The number of anilines is 2. The van der Waals surface area contributed by atoms with Gasteiger partial charge in [0.05, 0.1) is 0 Å². The number of aryl methyl sites for hydroxylation is 1. The molecule has 0 saturated heterocycles. The Morgan fingerprint density at radius 2 is 2.00 bits per heavy atom. The van der Waals surface area contributed by atoms with Crippen LogP contribution < -0.4 is 10.2 Å². The second kappa shape index (κ2) is 5.58. The lowest BCUT2D eigenvalue weighted by atomic mass is 10.1. The summed E-state index contributed by atoms with van der Waals surface area (Å²) in [7, 11) is 0. The number of hydrogen-bond acceptors (Lipinski definition) is 2. The summed E-state index contributed by atoms with van der Waals surface area (Å²) in [6, 6.07) is 15.5. The molecular weight excluding hydrogens is 244 g/mol. The van der Waals surface area contributed by atoms with Gasteiger partial charge in [0.1, 0.15) is 0 Å². The molecule has 0 saturated carbocycles. The Bertz CT molecular complexity index is 604. The molecule has 0 spiro atoms. The first-order chi connectivity index (χ1) is 9.78. The smallest absolute Gasteiger partial charge is 0.0429 e. The van der Waals surface area contributed by atoms with Crippen LogP contribution in [-0.4, -0.2) is 13.1 Å². The van der Waals surface area contributed by atoms with Crippen LogP contribution in [0.4, 0.5) is 11.4 Å². The van der Waals surface area contributed by atoms with Gasteiger partial charge in [0.15, 0.2) is 0 Å². The van der Waals surface area contributed by atoms with Crippen LogP contribution in [0.25, 0.3) is 0 Å². The summed E-state index contributed by atoms with van der Waals surface area (Å²) in [6.07, 6.45) is 1.15. The highest BCUT2D eigenvalue weighted by Crippen LogP contribution is 2.26. The minimum absolute atomic E-state index is 0.981. The topological polar surface area (TPSA) is 15.3 Å². The van der Waals surface area contributed by atoms with Crippen LogP contribution in [0.15, 0.2) is 42.5 Å². The molecule has 1 heterocycles. The van der Waals surface area contributed by atoms with E-state index < -0.39 is 0 Å². The molecule has 0 aromatic heterocycles. The molecule has 1 N–H and O–H groups in total. The van der Waals surface area contributed by atoms with Gasteiger partial charge in [0.25, 0.3) is 0 Å². The fraction of sp³-hybridized carbons (Fsp3) is 0.333. The van der Waals surface area contributed by atoms with Gasteiger partial charge in [-0.1, -0.05) is 30.3 Å². The Kier molecular flexibility index (Phi) is 3.64. The zero-order chi connectivity index (χ0) is 13.9. The molecule has 0 radical (unpaired) electrons. The highest BCUT2D eigenvalue weighted by atomic mass is 15.1. The number of hydrogen-bond donors (Lipinski definition) is 1. The molecule has 2 heteroatoms. The van der Waals surface area contributed by atoms with Crippen LogP contribution in [0.1, 0.15) is 23.6 Å². The molecule has 0 atom stereocenters. The van der Waals surface area contributed by atoms with Crippen molar-refractivity contribution in [3.63, 3.8) is 0 Å². The Balaban J connectivity index is 1.83. The molecule has 20 heavy (non-hydrogen) atoms. The molecular formula is C18H22N2.